The number of hydrogen-bond donors (Lipinski definition) is 0. The molecule has 0 rings (SSSR count). The summed E-state index contributed by atoms with van der Waals surface area (Å²) in [6.07, 6.45) is 25.8. The summed E-state index contributed by atoms with van der Waals surface area (Å²) in [5.41, 5.74) is 0. The smallest absolute Gasteiger partial charge is 0.0351 e. The lowest BCUT2D eigenvalue weighted by atomic mass is 9.84. The molecule has 138 valence electrons. The van der Waals surface area contributed by atoms with Crippen LogP contribution in [-0.2, 0) is 0 Å². The first-order chi connectivity index (χ1) is 11.3. The third kappa shape index (κ3) is 15.0. The Morgan fingerprint density at radius 3 is 1.70 bits per heavy atom. The summed E-state index contributed by atoms with van der Waals surface area (Å²) in [4.78, 5) is 0. The molecule has 0 aliphatic heterocycles. The fourth-order valence-corrected chi connectivity index (χ4v) is 3.64. The van der Waals surface area contributed by atoms with Crippen LogP contribution >= 0.6 is 0 Å². The van der Waals surface area contributed by atoms with E-state index in [1.54, 1.807) is 0 Å². The van der Waals surface area contributed by atoms with E-state index in [0.29, 0.717) is 0 Å². The first-order valence-corrected chi connectivity index (χ1v) is 10.9. The van der Waals surface area contributed by atoms with Gasteiger partial charge in [0.2, 0.25) is 0 Å². The van der Waals surface area contributed by atoms with Gasteiger partial charge < -0.3 is 0 Å². The molecule has 0 amide bonds. The van der Waals surface area contributed by atoms with Crippen molar-refractivity contribution in [2.75, 3.05) is 0 Å². The highest BCUT2D eigenvalue weighted by Gasteiger charge is 2.13. The van der Waals surface area contributed by atoms with Gasteiger partial charge >= 0.3 is 0 Å². The average molecular weight is 323 g/mol. The zero-order valence-corrected chi connectivity index (χ0v) is 16.9. The van der Waals surface area contributed by atoms with Crippen molar-refractivity contribution < 1.29 is 0 Å². The second kappa shape index (κ2) is 18.1. The van der Waals surface area contributed by atoms with Crippen LogP contribution in [0.2, 0.25) is 0 Å². The lowest BCUT2D eigenvalue weighted by molar-refractivity contribution is 0.307. The highest BCUT2D eigenvalue weighted by atomic mass is 14.2. The van der Waals surface area contributed by atoms with Crippen molar-refractivity contribution in [3.05, 3.63) is 12.2 Å². The highest BCUT2D eigenvalue weighted by molar-refractivity contribution is 4.79. The summed E-state index contributed by atoms with van der Waals surface area (Å²) in [6, 6.07) is 0. The van der Waals surface area contributed by atoms with Gasteiger partial charge in [-0.1, -0.05) is 110 Å². The van der Waals surface area contributed by atoms with Gasteiger partial charge in [0.1, 0.15) is 0 Å². The maximum absolute atomic E-state index is 2.41. The molecule has 0 bridgehead atoms. The predicted molar refractivity (Wildman–Crippen MR) is 108 cm³/mol. The third-order valence-electron chi connectivity index (χ3n) is 5.42. The molecule has 0 saturated heterocycles. The largest absolute Gasteiger partial charge is 0.0888 e. The van der Waals surface area contributed by atoms with Crippen molar-refractivity contribution in [3.63, 3.8) is 0 Å². The normalized spacial score (nSPS) is 14.4. The van der Waals surface area contributed by atoms with E-state index < -0.39 is 0 Å². The van der Waals surface area contributed by atoms with Crippen LogP contribution < -0.4 is 0 Å². The third-order valence-corrected chi connectivity index (χ3v) is 5.42. The Bertz CT molecular complexity index is 240. The number of allylic oxidation sites excluding steroid dienone is 2. The molecule has 0 saturated carbocycles. The number of hydrogen-bond acceptors (Lipinski definition) is 0. The number of rotatable bonds is 17. The Hall–Kier alpha value is -0.260. The summed E-state index contributed by atoms with van der Waals surface area (Å²) < 4.78 is 0. The Morgan fingerprint density at radius 1 is 0.609 bits per heavy atom. The van der Waals surface area contributed by atoms with Crippen LogP contribution in [-0.4, -0.2) is 0 Å². The van der Waals surface area contributed by atoms with Gasteiger partial charge in [-0.05, 0) is 37.5 Å². The summed E-state index contributed by atoms with van der Waals surface area (Å²) in [7, 11) is 0. The highest BCUT2D eigenvalue weighted by Crippen LogP contribution is 2.27. The molecule has 0 aromatic carbocycles. The molecule has 2 atom stereocenters. The van der Waals surface area contributed by atoms with Gasteiger partial charge in [0, 0.05) is 0 Å². The topological polar surface area (TPSA) is 0 Å². The van der Waals surface area contributed by atoms with Gasteiger partial charge in [-0.3, -0.25) is 0 Å². The molecule has 0 spiro atoms. The predicted octanol–water partition coefficient (Wildman–Crippen LogP) is 8.71. The summed E-state index contributed by atoms with van der Waals surface area (Å²) in [5.74, 6) is 1.98. The molecule has 0 nitrogen and oxygen atoms in total. The van der Waals surface area contributed by atoms with Crippen LogP contribution in [0.5, 0.6) is 0 Å². The van der Waals surface area contributed by atoms with Crippen LogP contribution in [0.3, 0.4) is 0 Å². The summed E-state index contributed by atoms with van der Waals surface area (Å²) in [5, 5.41) is 0. The fraction of sp³-hybridized carbons (Fsp3) is 0.913. The van der Waals surface area contributed by atoms with E-state index in [2.05, 4.69) is 39.8 Å². The van der Waals surface area contributed by atoms with Crippen molar-refractivity contribution in [2.24, 2.45) is 11.8 Å². The minimum atomic E-state index is 0.988. The molecule has 0 aliphatic carbocycles. The van der Waals surface area contributed by atoms with E-state index in [1.165, 1.54) is 96.3 Å². The van der Waals surface area contributed by atoms with Gasteiger partial charge in [-0.25, -0.2) is 0 Å². The van der Waals surface area contributed by atoms with E-state index in [9.17, 15) is 0 Å². The minimum absolute atomic E-state index is 0.988. The van der Waals surface area contributed by atoms with E-state index in [4.69, 9.17) is 0 Å². The molecule has 0 heteroatoms. The molecule has 23 heavy (non-hydrogen) atoms. The van der Waals surface area contributed by atoms with Crippen LogP contribution in [0.25, 0.3) is 0 Å². The Kier molecular flexibility index (Phi) is 17.9. The summed E-state index contributed by atoms with van der Waals surface area (Å²) >= 11 is 0. The molecule has 0 aliphatic rings. The van der Waals surface area contributed by atoms with E-state index in [-0.39, 0.29) is 0 Å². The van der Waals surface area contributed by atoms with Crippen molar-refractivity contribution in [3.8, 4) is 0 Å². The minimum Gasteiger partial charge on any atom is -0.0888 e. The second-order valence-corrected chi connectivity index (χ2v) is 7.50. The van der Waals surface area contributed by atoms with Crippen molar-refractivity contribution in [1.82, 2.24) is 0 Å². The molecule has 0 radical (unpaired) electrons. The van der Waals surface area contributed by atoms with Crippen LogP contribution in [0.4, 0.5) is 0 Å². The van der Waals surface area contributed by atoms with Crippen molar-refractivity contribution in [2.45, 2.75) is 124 Å². The zero-order chi connectivity index (χ0) is 17.2. The molecular formula is C23H46. The summed E-state index contributed by atoms with van der Waals surface area (Å²) in [6.45, 7) is 9.34. The molecule has 2 unspecified atom stereocenters. The monoisotopic (exact) mass is 322 g/mol. The van der Waals surface area contributed by atoms with Crippen LogP contribution in [0, 0.1) is 11.8 Å². The van der Waals surface area contributed by atoms with Gasteiger partial charge in [0.15, 0.2) is 0 Å². The van der Waals surface area contributed by atoms with Gasteiger partial charge in [0.05, 0.1) is 0 Å². The molecule has 0 aromatic rings. The SMILES string of the molecule is CC/C=C/CCCCCC(CC)CC(CC)CCCCCCC. The van der Waals surface area contributed by atoms with E-state index in [0.717, 1.165) is 11.8 Å². The van der Waals surface area contributed by atoms with E-state index in [1.807, 2.05) is 0 Å². The van der Waals surface area contributed by atoms with E-state index >= 15 is 0 Å². The Labute approximate surface area is 148 Å². The quantitative estimate of drug-likeness (QED) is 0.185. The Morgan fingerprint density at radius 2 is 1.17 bits per heavy atom. The average Bonchev–Trinajstić information content (AvgIpc) is 2.58. The van der Waals surface area contributed by atoms with Gasteiger partial charge in [-0.2, -0.15) is 0 Å². The molecule has 0 heterocycles. The molecule has 0 fully saturated rings. The first kappa shape index (κ1) is 22.7. The van der Waals surface area contributed by atoms with Crippen molar-refractivity contribution >= 4 is 0 Å². The maximum Gasteiger partial charge on any atom is -0.0351 e. The molecular weight excluding hydrogens is 276 g/mol. The Balaban J connectivity index is 3.75. The van der Waals surface area contributed by atoms with Crippen LogP contribution in [0.1, 0.15) is 124 Å². The standard InChI is InChI=1S/C23H46/c1-5-9-11-13-14-16-18-20-23(8-4)21-22(7-3)19-17-15-12-10-6-2/h9,11,22-23H,5-8,10,12-21H2,1-4H3/b11-9+. The second-order valence-electron chi connectivity index (χ2n) is 7.50. The fourth-order valence-electron chi connectivity index (χ4n) is 3.64. The first-order valence-electron chi connectivity index (χ1n) is 10.9. The number of unbranched alkanes of at least 4 members (excludes halogenated alkanes) is 7. The zero-order valence-electron chi connectivity index (χ0n) is 16.9. The molecule has 0 N–H and O–H groups in total. The van der Waals surface area contributed by atoms with Gasteiger partial charge in [0.25, 0.3) is 0 Å². The van der Waals surface area contributed by atoms with Gasteiger partial charge in [-0.15, -0.1) is 0 Å². The van der Waals surface area contributed by atoms with Crippen molar-refractivity contribution in [1.29, 1.82) is 0 Å². The maximum atomic E-state index is 2.41. The lowest BCUT2D eigenvalue weighted by Gasteiger charge is -2.22. The van der Waals surface area contributed by atoms with Crippen LogP contribution in [0.15, 0.2) is 12.2 Å². The lowest BCUT2D eigenvalue weighted by Crippen LogP contribution is -2.08. The molecule has 0 aromatic heterocycles.